The number of aromatic nitrogens is 1. The number of carbonyl (C=O) groups is 1. The highest BCUT2D eigenvalue weighted by molar-refractivity contribution is 7.89. The Morgan fingerprint density at radius 2 is 1.86 bits per heavy atom. The topological polar surface area (TPSA) is 88.6 Å². The molecule has 1 aromatic heterocycles. The van der Waals surface area contributed by atoms with Crippen LogP contribution in [0.4, 0.5) is 5.82 Å². The van der Waals surface area contributed by atoms with Crippen LogP contribution < -0.4 is 5.32 Å². The summed E-state index contributed by atoms with van der Waals surface area (Å²) in [6, 6.07) is 10.5. The van der Waals surface area contributed by atoms with E-state index < -0.39 is 16.0 Å². The number of anilines is 1. The smallest absolute Gasteiger partial charge is 0.339 e. The lowest BCUT2D eigenvalue weighted by Gasteiger charge is -2.31. The second kappa shape index (κ2) is 8.70. The molecule has 1 aliphatic heterocycles. The number of aryl methyl sites for hydroxylation is 1. The van der Waals surface area contributed by atoms with Gasteiger partial charge in [-0.2, -0.15) is 4.31 Å². The first-order valence-corrected chi connectivity index (χ1v) is 10.8. The summed E-state index contributed by atoms with van der Waals surface area (Å²) < 4.78 is 32.0. The number of esters is 1. The van der Waals surface area contributed by atoms with Gasteiger partial charge >= 0.3 is 5.97 Å². The lowest BCUT2D eigenvalue weighted by atomic mass is 10.1. The average Bonchev–Trinajstić information content (AvgIpc) is 2.69. The van der Waals surface area contributed by atoms with Crippen LogP contribution in [0.25, 0.3) is 0 Å². The minimum atomic E-state index is -3.46. The molecule has 28 heavy (non-hydrogen) atoms. The van der Waals surface area contributed by atoms with Crippen LogP contribution in [0.1, 0.15) is 35.7 Å². The Morgan fingerprint density at radius 3 is 2.43 bits per heavy atom. The van der Waals surface area contributed by atoms with Gasteiger partial charge in [-0.15, -0.1) is 0 Å². The van der Waals surface area contributed by atoms with Crippen LogP contribution in [0.15, 0.2) is 47.5 Å². The molecule has 0 amide bonds. The number of carbonyl (C=O) groups excluding carboxylic acids is 1. The van der Waals surface area contributed by atoms with Crippen LogP contribution in [0, 0.1) is 6.92 Å². The number of pyridine rings is 1. The van der Waals surface area contributed by atoms with Crippen molar-refractivity contribution in [1.29, 1.82) is 0 Å². The van der Waals surface area contributed by atoms with Crippen molar-refractivity contribution in [2.24, 2.45) is 0 Å². The molecule has 2 heterocycles. The number of nitrogens with one attached hydrogen (secondary N) is 1. The lowest BCUT2D eigenvalue weighted by Crippen LogP contribution is -2.42. The van der Waals surface area contributed by atoms with E-state index in [-0.39, 0.29) is 6.04 Å². The minimum absolute atomic E-state index is 0.130. The van der Waals surface area contributed by atoms with Crippen LogP contribution in [-0.2, 0) is 14.8 Å². The molecule has 0 saturated carbocycles. The molecule has 0 radical (unpaired) electrons. The van der Waals surface area contributed by atoms with Gasteiger partial charge in [0.25, 0.3) is 0 Å². The zero-order chi connectivity index (χ0) is 20.1. The molecule has 2 aromatic rings. The molecule has 1 aromatic carbocycles. The molecular weight excluding hydrogens is 378 g/mol. The number of rotatable bonds is 6. The summed E-state index contributed by atoms with van der Waals surface area (Å²) in [5.74, 6) is 0.268. The molecule has 0 aliphatic carbocycles. The van der Waals surface area contributed by atoms with Crippen LogP contribution in [0.2, 0.25) is 0 Å². The van der Waals surface area contributed by atoms with E-state index in [4.69, 9.17) is 4.74 Å². The number of hydrogen-bond donors (Lipinski definition) is 1. The highest BCUT2D eigenvalue weighted by Crippen LogP contribution is 2.22. The second-order valence-electron chi connectivity index (χ2n) is 6.79. The fourth-order valence-corrected chi connectivity index (χ4v) is 4.59. The van der Waals surface area contributed by atoms with Gasteiger partial charge in [-0.1, -0.05) is 17.7 Å². The molecular formula is C20H25N3O4S. The monoisotopic (exact) mass is 403 g/mol. The van der Waals surface area contributed by atoms with E-state index in [0.29, 0.717) is 48.8 Å². The highest BCUT2D eigenvalue weighted by atomic mass is 32.2. The average molecular weight is 404 g/mol. The standard InChI is InChI=1S/C20H25N3O4S/c1-3-27-20(24)16-6-9-19(21-14-16)22-17-10-12-23(13-11-17)28(25,26)18-7-4-15(2)5-8-18/h4-9,14,17H,3,10-13H2,1-2H3,(H,21,22). The van der Waals surface area contributed by atoms with E-state index in [1.54, 1.807) is 31.2 Å². The number of benzene rings is 1. The number of nitrogens with zero attached hydrogens (tertiary/aromatic N) is 2. The summed E-state index contributed by atoms with van der Waals surface area (Å²) in [4.78, 5) is 16.3. The van der Waals surface area contributed by atoms with Gasteiger partial charge in [-0.25, -0.2) is 18.2 Å². The molecule has 1 N–H and O–H groups in total. The lowest BCUT2D eigenvalue weighted by molar-refractivity contribution is 0.0526. The van der Waals surface area contributed by atoms with Crippen molar-refractivity contribution in [3.05, 3.63) is 53.7 Å². The van der Waals surface area contributed by atoms with Crippen molar-refractivity contribution in [1.82, 2.24) is 9.29 Å². The third kappa shape index (κ3) is 4.69. The fraction of sp³-hybridized carbons (Fsp3) is 0.400. The van der Waals surface area contributed by atoms with Crippen LogP contribution in [-0.4, -0.2) is 49.4 Å². The summed E-state index contributed by atoms with van der Waals surface area (Å²) in [7, 11) is -3.46. The van der Waals surface area contributed by atoms with Gasteiger partial charge in [0.2, 0.25) is 10.0 Å². The first kappa shape index (κ1) is 20.3. The third-order valence-electron chi connectivity index (χ3n) is 4.74. The molecule has 0 unspecified atom stereocenters. The molecule has 1 fully saturated rings. The van der Waals surface area contributed by atoms with Gasteiger partial charge < -0.3 is 10.1 Å². The first-order valence-electron chi connectivity index (χ1n) is 9.36. The minimum Gasteiger partial charge on any atom is -0.462 e. The van der Waals surface area contributed by atoms with E-state index in [0.717, 1.165) is 5.56 Å². The van der Waals surface area contributed by atoms with Crippen molar-refractivity contribution in [3.63, 3.8) is 0 Å². The third-order valence-corrected chi connectivity index (χ3v) is 6.65. The second-order valence-corrected chi connectivity index (χ2v) is 8.73. The summed E-state index contributed by atoms with van der Waals surface area (Å²) >= 11 is 0. The normalized spacial score (nSPS) is 15.9. The summed E-state index contributed by atoms with van der Waals surface area (Å²) in [6.07, 6.45) is 2.86. The Kier molecular flexibility index (Phi) is 6.31. The first-order chi connectivity index (χ1) is 13.4. The van der Waals surface area contributed by atoms with Crippen LogP contribution >= 0.6 is 0 Å². The maximum absolute atomic E-state index is 12.8. The van der Waals surface area contributed by atoms with Crippen molar-refractivity contribution < 1.29 is 17.9 Å². The summed E-state index contributed by atoms with van der Waals surface area (Å²) in [6.45, 7) is 4.92. The van der Waals surface area contributed by atoms with E-state index in [2.05, 4.69) is 10.3 Å². The predicted octanol–water partition coefficient (Wildman–Crippen LogP) is 2.83. The molecule has 1 saturated heterocycles. The molecule has 0 spiro atoms. The Balaban J connectivity index is 1.57. The molecule has 7 nitrogen and oxygen atoms in total. The van der Waals surface area contributed by atoms with E-state index in [1.165, 1.54) is 10.5 Å². The predicted molar refractivity (Wildman–Crippen MR) is 107 cm³/mol. The Morgan fingerprint density at radius 1 is 1.18 bits per heavy atom. The van der Waals surface area contributed by atoms with Crippen LogP contribution in [0.3, 0.4) is 0 Å². The number of hydrogen-bond acceptors (Lipinski definition) is 6. The van der Waals surface area contributed by atoms with Crippen molar-refractivity contribution >= 4 is 21.8 Å². The maximum atomic E-state index is 12.8. The number of ether oxygens (including phenoxy) is 1. The molecule has 8 heteroatoms. The van der Waals surface area contributed by atoms with E-state index in [1.807, 2.05) is 19.1 Å². The maximum Gasteiger partial charge on any atom is 0.339 e. The quantitative estimate of drug-likeness (QED) is 0.746. The summed E-state index contributed by atoms with van der Waals surface area (Å²) in [5, 5.41) is 3.31. The largest absolute Gasteiger partial charge is 0.462 e. The fourth-order valence-electron chi connectivity index (χ4n) is 3.12. The summed E-state index contributed by atoms with van der Waals surface area (Å²) in [5.41, 5.74) is 1.44. The van der Waals surface area contributed by atoms with Gasteiger partial charge in [0.05, 0.1) is 17.1 Å². The van der Waals surface area contributed by atoms with Gasteiger partial charge in [-0.05, 0) is 51.0 Å². The van der Waals surface area contributed by atoms with Gasteiger partial charge in [0, 0.05) is 25.3 Å². The molecule has 3 rings (SSSR count). The molecule has 150 valence electrons. The zero-order valence-electron chi connectivity index (χ0n) is 16.1. The van der Waals surface area contributed by atoms with Gasteiger partial charge in [-0.3, -0.25) is 0 Å². The van der Waals surface area contributed by atoms with Crippen molar-refractivity contribution in [2.75, 3.05) is 25.0 Å². The Bertz CT molecular complexity index is 903. The Labute approximate surface area is 165 Å². The SMILES string of the molecule is CCOC(=O)c1ccc(NC2CCN(S(=O)(=O)c3ccc(C)cc3)CC2)nc1. The van der Waals surface area contributed by atoms with Gasteiger partial charge in [0.15, 0.2) is 0 Å². The van der Waals surface area contributed by atoms with Gasteiger partial charge in [0.1, 0.15) is 5.82 Å². The highest BCUT2D eigenvalue weighted by Gasteiger charge is 2.29. The Hall–Kier alpha value is -2.45. The van der Waals surface area contributed by atoms with Crippen molar-refractivity contribution in [2.45, 2.75) is 37.6 Å². The zero-order valence-corrected chi connectivity index (χ0v) is 16.9. The molecule has 0 bridgehead atoms. The van der Waals surface area contributed by atoms with Crippen LogP contribution in [0.5, 0.6) is 0 Å². The number of piperidine rings is 1. The van der Waals surface area contributed by atoms with E-state index >= 15 is 0 Å². The van der Waals surface area contributed by atoms with Crippen molar-refractivity contribution in [3.8, 4) is 0 Å². The van der Waals surface area contributed by atoms with E-state index in [9.17, 15) is 13.2 Å². The molecule has 0 atom stereocenters. The molecule has 1 aliphatic rings. The number of sulfonamides is 1.